The Labute approximate surface area is 152 Å². The molecule has 1 N–H and O–H groups in total. The summed E-state index contributed by atoms with van der Waals surface area (Å²) in [5.41, 5.74) is 1.46. The molecule has 0 saturated heterocycles. The molecule has 2 rings (SSSR count). The number of amides is 1. The van der Waals surface area contributed by atoms with E-state index in [1.54, 1.807) is 30.5 Å². The van der Waals surface area contributed by atoms with E-state index in [-0.39, 0.29) is 6.42 Å². The number of methoxy groups -OCH3 is 3. The predicted octanol–water partition coefficient (Wildman–Crippen LogP) is 1.68. The summed E-state index contributed by atoms with van der Waals surface area (Å²) < 4.78 is 15.1. The highest BCUT2D eigenvalue weighted by Crippen LogP contribution is 2.17. The number of hydrogen-bond donors (Lipinski definition) is 1. The molecule has 1 aromatic heterocycles. The van der Waals surface area contributed by atoms with Crippen molar-refractivity contribution in [1.29, 1.82) is 0 Å². The SMILES string of the molecule is COC(=O)[C@H](Cc1ccc(OC)nc1)NC(=O)[C@@H](OC)c1ccccc1. The number of aromatic nitrogens is 1. The lowest BCUT2D eigenvalue weighted by Gasteiger charge is -2.21. The maximum Gasteiger partial charge on any atom is 0.328 e. The number of rotatable bonds is 8. The van der Waals surface area contributed by atoms with E-state index in [9.17, 15) is 9.59 Å². The normalized spacial score (nSPS) is 12.7. The molecule has 1 heterocycles. The summed E-state index contributed by atoms with van der Waals surface area (Å²) in [5.74, 6) is -0.497. The Hall–Kier alpha value is -2.93. The third-order valence-corrected chi connectivity index (χ3v) is 3.82. The molecule has 1 amide bonds. The third kappa shape index (κ3) is 5.03. The fourth-order valence-electron chi connectivity index (χ4n) is 2.49. The molecule has 26 heavy (non-hydrogen) atoms. The number of pyridine rings is 1. The van der Waals surface area contributed by atoms with Crippen LogP contribution in [-0.2, 0) is 25.5 Å². The number of carbonyl (C=O) groups excluding carboxylic acids is 2. The fourth-order valence-corrected chi connectivity index (χ4v) is 2.49. The molecule has 0 saturated carbocycles. The minimum atomic E-state index is -0.857. The maximum absolute atomic E-state index is 12.6. The molecule has 1 aromatic carbocycles. The van der Waals surface area contributed by atoms with Crippen molar-refractivity contribution in [1.82, 2.24) is 10.3 Å². The minimum Gasteiger partial charge on any atom is -0.481 e. The number of nitrogens with zero attached hydrogens (tertiary/aromatic N) is 1. The first kappa shape index (κ1) is 19.4. The molecule has 7 nitrogen and oxygen atoms in total. The Morgan fingerprint density at radius 1 is 1.08 bits per heavy atom. The Balaban J connectivity index is 2.13. The van der Waals surface area contributed by atoms with Crippen LogP contribution in [0, 0.1) is 0 Å². The van der Waals surface area contributed by atoms with E-state index >= 15 is 0 Å². The molecular weight excluding hydrogens is 336 g/mol. The van der Waals surface area contributed by atoms with Crippen molar-refractivity contribution >= 4 is 11.9 Å². The zero-order chi connectivity index (χ0) is 18.9. The highest BCUT2D eigenvalue weighted by atomic mass is 16.5. The molecule has 0 radical (unpaired) electrons. The minimum absolute atomic E-state index is 0.237. The lowest BCUT2D eigenvalue weighted by atomic mass is 10.1. The summed E-state index contributed by atoms with van der Waals surface area (Å²) in [5, 5.41) is 2.70. The number of hydrogen-bond acceptors (Lipinski definition) is 6. The van der Waals surface area contributed by atoms with E-state index in [0.717, 1.165) is 5.56 Å². The molecule has 0 aliphatic heterocycles. The Morgan fingerprint density at radius 2 is 1.81 bits per heavy atom. The maximum atomic E-state index is 12.6. The van der Waals surface area contributed by atoms with E-state index in [2.05, 4.69) is 10.3 Å². The van der Waals surface area contributed by atoms with Crippen LogP contribution >= 0.6 is 0 Å². The monoisotopic (exact) mass is 358 g/mol. The molecular formula is C19H22N2O5. The Morgan fingerprint density at radius 3 is 2.35 bits per heavy atom. The second-order valence-corrected chi connectivity index (χ2v) is 5.52. The van der Waals surface area contributed by atoms with Crippen LogP contribution < -0.4 is 10.1 Å². The Bertz CT molecular complexity index is 718. The van der Waals surface area contributed by atoms with Crippen molar-refractivity contribution in [3.8, 4) is 5.88 Å². The van der Waals surface area contributed by atoms with Gasteiger partial charge < -0.3 is 19.5 Å². The van der Waals surface area contributed by atoms with E-state index in [1.807, 2.05) is 18.2 Å². The summed E-state index contributed by atoms with van der Waals surface area (Å²) in [4.78, 5) is 28.8. The number of ether oxygens (including phenoxy) is 3. The number of nitrogens with one attached hydrogen (secondary N) is 1. The first-order valence-corrected chi connectivity index (χ1v) is 8.04. The lowest BCUT2D eigenvalue weighted by Crippen LogP contribution is -2.45. The summed E-state index contributed by atoms with van der Waals surface area (Å²) >= 11 is 0. The second-order valence-electron chi connectivity index (χ2n) is 5.52. The van der Waals surface area contributed by atoms with E-state index in [0.29, 0.717) is 11.4 Å². The smallest absolute Gasteiger partial charge is 0.328 e. The molecule has 2 atom stereocenters. The van der Waals surface area contributed by atoms with Crippen LogP contribution in [0.3, 0.4) is 0 Å². The van der Waals surface area contributed by atoms with Gasteiger partial charge in [-0.05, 0) is 11.1 Å². The predicted molar refractivity (Wildman–Crippen MR) is 94.6 cm³/mol. The molecule has 0 unspecified atom stereocenters. The summed E-state index contributed by atoms with van der Waals surface area (Å²) in [6.07, 6.45) is 1.00. The van der Waals surface area contributed by atoms with Crippen LogP contribution in [0.5, 0.6) is 5.88 Å². The molecule has 138 valence electrons. The van der Waals surface area contributed by atoms with Crippen LogP contribution in [0.4, 0.5) is 0 Å². The van der Waals surface area contributed by atoms with Crippen molar-refractivity contribution < 1.29 is 23.8 Å². The summed E-state index contributed by atoms with van der Waals surface area (Å²) in [7, 11) is 4.24. The quantitative estimate of drug-likeness (QED) is 0.723. The van der Waals surface area contributed by atoms with Crippen LogP contribution in [0.25, 0.3) is 0 Å². The number of esters is 1. The zero-order valence-electron chi connectivity index (χ0n) is 15.0. The van der Waals surface area contributed by atoms with Gasteiger partial charge in [0.25, 0.3) is 5.91 Å². The van der Waals surface area contributed by atoms with Gasteiger partial charge in [0.1, 0.15) is 6.04 Å². The van der Waals surface area contributed by atoms with Gasteiger partial charge in [-0.3, -0.25) is 4.79 Å². The van der Waals surface area contributed by atoms with Crippen molar-refractivity contribution in [2.45, 2.75) is 18.6 Å². The van der Waals surface area contributed by atoms with Gasteiger partial charge in [0, 0.05) is 25.8 Å². The largest absolute Gasteiger partial charge is 0.481 e. The highest BCUT2D eigenvalue weighted by Gasteiger charge is 2.27. The zero-order valence-corrected chi connectivity index (χ0v) is 15.0. The molecule has 0 aliphatic carbocycles. The van der Waals surface area contributed by atoms with Crippen molar-refractivity contribution in [2.75, 3.05) is 21.3 Å². The van der Waals surface area contributed by atoms with E-state index in [4.69, 9.17) is 14.2 Å². The van der Waals surface area contributed by atoms with Gasteiger partial charge in [-0.1, -0.05) is 36.4 Å². The topological polar surface area (TPSA) is 86.8 Å². The summed E-state index contributed by atoms with van der Waals surface area (Å²) in [6.45, 7) is 0. The first-order valence-electron chi connectivity index (χ1n) is 8.04. The average molecular weight is 358 g/mol. The van der Waals surface area contributed by atoms with Gasteiger partial charge in [-0.2, -0.15) is 0 Å². The third-order valence-electron chi connectivity index (χ3n) is 3.82. The van der Waals surface area contributed by atoms with Crippen LogP contribution in [0.15, 0.2) is 48.7 Å². The standard InChI is InChI=1S/C19H22N2O5/c1-24-16-10-9-13(12-20-16)11-15(19(23)26-3)21-18(22)17(25-2)14-7-5-4-6-8-14/h4-10,12,15,17H,11H2,1-3H3,(H,21,22)/t15-,17-/m0/s1. The van der Waals surface area contributed by atoms with Crippen molar-refractivity contribution in [3.05, 3.63) is 59.8 Å². The molecule has 0 aliphatic rings. The lowest BCUT2D eigenvalue weighted by molar-refractivity contribution is -0.146. The first-order chi connectivity index (χ1) is 12.6. The molecule has 0 bridgehead atoms. The van der Waals surface area contributed by atoms with E-state index < -0.39 is 24.0 Å². The molecule has 7 heteroatoms. The number of carbonyl (C=O) groups is 2. The van der Waals surface area contributed by atoms with Crippen LogP contribution in [0.2, 0.25) is 0 Å². The van der Waals surface area contributed by atoms with Gasteiger partial charge in [-0.25, -0.2) is 9.78 Å². The van der Waals surface area contributed by atoms with Crippen molar-refractivity contribution in [2.24, 2.45) is 0 Å². The molecule has 0 spiro atoms. The second kappa shape index (κ2) is 9.53. The highest BCUT2D eigenvalue weighted by molar-refractivity contribution is 5.87. The average Bonchev–Trinajstić information content (AvgIpc) is 2.68. The van der Waals surface area contributed by atoms with Crippen LogP contribution in [-0.4, -0.2) is 44.2 Å². The molecule has 0 fully saturated rings. The van der Waals surface area contributed by atoms with Gasteiger partial charge in [0.05, 0.1) is 14.2 Å². The fraction of sp³-hybridized carbons (Fsp3) is 0.316. The van der Waals surface area contributed by atoms with Gasteiger partial charge in [0.2, 0.25) is 5.88 Å². The number of benzene rings is 1. The van der Waals surface area contributed by atoms with Gasteiger partial charge in [-0.15, -0.1) is 0 Å². The van der Waals surface area contributed by atoms with Gasteiger partial charge in [0.15, 0.2) is 6.10 Å². The molecule has 2 aromatic rings. The van der Waals surface area contributed by atoms with E-state index in [1.165, 1.54) is 21.3 Å². The van der Waals surface area contributed by atoms with Gasteiger partial charge >= 0.3 is 5.97 Å². The van der Waals surface area contributed by atoms with Crippen LogP contribution in [0.1, 0.15) is 17.2 Å². The summed E-state index contributed by atoms with van der Waals surface area (Å²) in [6, 6.07) is 11.7. The van der Waals surface area contributed by atoms with Crippen molar-refractivity contribution in [3.63, 3.8) is 0 Å². The Kier molecular flexibility index (Phi) is 7.11.